The summed E-state index contributed by atoms with van der Waals surface area (Å²) in [7, 11) is 0. The maximum atomic E-state index is 12.3. The molecule has 0 bridgehead atoms. The minimum Gasteiger partial charge on any atom is -0.492 e. The smallest absolute Gasteiger partial charge is 0.248 e. The second-order valence-electron chi connectivity index (χ2n) is 7.37. The minimum atomic E-state index is -0.985. The third-order valence-corrected chi connectivity index (χ3v) is 5.34. The summed E-state index contributed by atoms with van der Waals surface area (Å²) in [4.78, 5) is 25.3. The predicted molar refractivity (Wildman–Crippen MR) is 111 cm³/mol. The number of aliphatic hydroxyl groups is 1. The van der Waals surface area contributed by atoms with Gasteiger partial charge in [-0.1, -0.05) is 12.1 Å². The van der Waals surface area contributed by atoms with Crippen molar-refractivity contribution < 1.29 is 19.4 Å². The normalized spacial score (nSPS) is 18.3. The van der Waals surface area contributed by atoms with Crippen molar-refractivity contribution in [1.29, 1.82) is 0 Å². The Balaban J connectivity index is 1.98. The molecule has 0 saturated heterocycles. The van der Waals surface area contributed by atoms with Crippen molar-refractivity contribution in [2.75, 3.05) is 18.1 Å². The molecule has 2 atom stereocenters. The van der Waals surface area contributed by atoms with Crippen LogP contribution in [0, 0.1) is 12.8 Å². The number of ether oxygens (including phenoxy) is 1. The number of benzene rings is 2. The lowest BCUT2D eigenvalue weighted by Crippen LogP contribution is -2.48. The van der Waals surface area contributed by atoms with Crippen molar-refractivity contribution in [3.05, 3.63) is 58.7 Å². The summed E-state index contributed by atoms with van der Waals surface area (Å²) in [6, 6.07) is 10.7. The molecule has 0 radical (unpaired) electrons. The summed E-state index contributed by atoms with van der Waals surface area (Å²) in [6.45, 7) is 4.21. The van der Waals surface area contributed by atoms with E-state index in [1.165, 1.54) is 11.8 Å². The van der Waals surface area contributed by atoms with Gasteiger partial charge in [0.1, 0.15) is 18.6 Å². The van der Waals surface area contributed by atoms with Gasteiger partial charge in [-0.15, -0.1) is 0 Å². The zero-order valence-corrected chi connectivity index (χ0v) is 16.7. The Kier molecular flexibility index (Phi) is 6.20. The quantitative estimate of drug-likeness (QED) is 0.683. The summed E-state index contributed by atoms with van der Waals surface area (Å²) >= 11 is 0. The lowest BCUT2D eigenvalue weighted by atomic mass is 9.84. The van der Waals surface area contributed by atoms with Crippen molar-refractivity contribution in [1.82, 2.24) is 0 Å². The maximum Gasteiger partial charge on any atom is 0.248 e. The molecule has 1 aliphatic rings. The Labute approximate surface area is 170 Å². The molecule has 0 saturated carbocycles. The number of carbonyl (C=O) groups is 2. The van der Waals surface area contributed by atoms with E-state index in [-0.39, 0.29) is 11.8 Å². The number of fused-ring (bicyclic) bond motifs is 1. The van der Waals surface area contributed by atoms with Crippen LogP contribution >= 0.6 is 0 Å². The first-order valence-corrected chi connectivity index (χ1v) is 9.65. The SMILES string of the molecule is CC(=O)N1c2ccc(C(N)=O)cc2CC(Cc2c(C)cccc2OCCN)C1O. The number of hydrogen-bond acceptors (Lipinski definition) is 5. The molecule has 29 heavy (non-hydrogen) atoms. The molecule has 5 N–H and O–H groups in total. The lowest BCUT2D eigenvalue weighted by Gasteiger charge is -2.39. The predicted octanol–water partition coefficient (Wildman–Crippen LogP) is 1.52. The zero-order valence-electron chi connectivity index (χ0n) is 16.7. The highest BCUT2D eigenvalue weighted by molar-refractivity contribution is 5.96. The Morgan fingerprint density at radius 2 is 2.03 bits per heavy atom. The molecule has 154 valence electrons. The molecule has 7 heteroatoms. The van der Waals surface area contributed by atoms with E-state index in [1.54, 1.807) is 18.2 Å². The lowest BCUT2D eigenvalue weighted by molar-refractivity contribution is -0.119. The van der Waals surface area contributed by atoms with Gasteiger partial charge in [0.05, 0.1) is 0 Å². The molecule has 2 aromatic rings. The van der Waals surface area contributed by atoms with Crippen molar-refractivity contribution >= 4 is 17.5 Å². The number of carbonyl (C=O) groups excluding carboxylic acids is 2. The van der Waals surface area contributed by atoms with Gasteiger partial charge in [-0.25, -0.2) is 0 Å². The first-order valence-electron chi connectivity index (χ1n) is 9.65. The molecule has 0 aliphatic carbocycles. The average Bonchev–Trinajstić information content (AvgIpc) is 2.68. The van der Waals surface area contributed by atoms with Crippen molar-refractivity contribution in [2.45, 2.75) is 32.9 Å². The van der Waals surface area contributed by atoms with Gasteiger partial charge < -0.3 is 21.3 Å². The molecular weight excluding hydrogens is 370 g/mol. The van der Waals surface area contributed by atoms with E-state index < -0.39 is 12.1 Å². The fraction of sp³-hybridized carbons (Fsp3) is 0.364. The summed E-state index contributed by atoms with van der Waals surface area (Å²) in [5.41, 5.74) is 14.8. The van der Waals surface area contributed by atoms with Crippen LogP contribution in [0.3, 0.4) is 0 Å². The van der Waals surface area contributed by atoms with E-state index in [4.69, 9.17) is 16.2 Å². The van der Waals surface area contributed by atoms with E-state index in [2.05, 4.69) is 0 Å². The van der Waals surface area contributed by atoms with Gasteiger partial charge in [-0.05, 0) is 60.7 Å². The highest BCUT2D eigenvalue weighted by Crippen LogP contribution is 2.37. The first kappa shape index (κ1) is 20.8. The first-order chi connectivity index (χ1) is 13.8. The van der Waals surface area contributed by atoms with Gasteiger partial charge in [0, 0.05) is 30.6 Å². The van der Waals surface area contributed by atoms with Gasteiger partial charge in [-0.2, -0.15) is 0 Å². The molecule has 1 aliphatic heterocycles. The van der Waals surface area contributed by atoms with E-state index >= 15 is 0 Å². The van der Waals surface area contributed by atoms with Crippen LogP contribution in [-0.2, 0) is 17.6 Å². The molecule has 0 spiro atoms. The molecule has 2 amide bonds. The van der Waals surface area contributed by atoms with Crippen molar-refractivity contribution in [3.63, 3.8) is 0 Å². The number of nitrogens with zero attached hydrogens (tertiary/aromatic N) is 1. The Bertz CT molecular complexity index is 928. The second-order valence-corrected chi connectivity index (χ2v) is 7.37. The molecule has 0 aromatic heterocycles. The number of aryl methyl sites for hydroxylation is 1. The zero-order chi connectivity index (χ0) is 21.1. The van der Waals surface area contributed by atoms with Crippen LogP contribution in [-0.4, -0.2) is 36.3 Å². The topological polar surface area (TPSA) is 119 Å². The average molecular weight is 397 g/mol. The second kappa shape index (κ2) is 8.63. The van der Waals surface area contributed by atoms with Crippen LogP contribution in [0.4, 0.5) is 5.69 Å². The fourth-order valence-electron chi connectivity index (χ4n) is 3.92. The minimum absolute atomic E-state index is 0.264. The van der Waals surface area contributed by atoms with Gasteiger partial charge in [0.2, 0.25) is 11.8 Å². The summed E-state index contributed by atoms with van der Waals surface area (Å²) in [5, 5.41) is 11.0. The number of amides is 2. The van der Waals surface area contributed by atoms with Gasteiger partial charge in [0.25, 0.3) is 0 Å². The highest BCUT2D eigenvalue weighted by atomic mass is 16.5. The summed E-state index contributed by atoms with van der Waals surface area (Å²) in [5.74, 6) is -0.328. The van der Waals surface area contributed by atoms with Gasteiger partial charge in [-0.3, -0.25) is 14.5 Å². The van der Waals surface area contributed by atoms with Crippen LogP contribution in [0.15, 0.2) is 36.4 Å². The number of rotatable bonds is 6. The van der Waals surface area contributed by atoms with Crippen LogP contribution in [0.2, 0.25) is 0 Å². The Morgan fingerprint density at radius 1 is 1.28 bits per heavy atom. The van der Waals surface area contributed by atoms with Gasteiger partial charge in [0.15, 0.2) is 0 Å². The molecule has 0 fully saturated rings. The summed E-state index contributed by atoms with van der Waals surface area (Å²) in [6.07, 6.45) is 0.0329. The number of hydrogen-bond donors (Lipinski definition) is 3. The summed E-state index contributed by atoms with van der Waals surface area (Å²) < 4.78 is 5.79. The standard InChI is InChI=1S/C22H27N3O4/c1-13-4-3-5-20(29-9-8-23)18(13)12-17-11-16-10-15(21(24)27)6-7-19(16)25(14(2)26)22(17)28/h3-7,10,17,22,28H,8-9,11-12,23H2,1-2H3,(H2,24,27). The van der Waals surface area contributed by atoms with Crippen LogP contribution < -0.4 is 21.1 Å². The van der Waals surface area contributed by atoms with Crippen molar-refractivity contribution in [3.8, 4) is 5.75 Å². The van der Waals surface area contributed by atoms with E-state index in [0.29, 0.717) is 37.2 Å². The van der Waals surface area contributed by atoms with Gasteiger partial charge >= 0.3 is 0 Å². The molecule has 2 unspecified atom stereocenters. The monoisotopic (exact) mass is 397 g/mol. The molecule has 7 nitrogen and oxygen atoms in total. The number of anilines is 1. The Morgan fingerprint density at radius 3 is 2.69 bits per heavy atom. The third-order valence-electron chi connectivity index (χ3n) is 5.34. The van der Waals surface area contributed by atoms with Crippen molar-refractivity contribution in [2.24, 2.45) is 17.4 Å². The number of aliphatic hydroxyl groups excluding tert-OH is 1. The fourth-order valence-corrected chi connectivity index (χ4v) is 3.92. The number of primary amides is 1. The molecule has 2 aromatic carbocycles. The maximum absolute atomic E-state index is 12.3. The largest absolute Gasteiger partial charge is 0.492 e. The number of nitrogens with two attached hydrogens (primary N) is 2. The van der Waals surface area contributed by atoms with E-state index in [0.717, 1.165) is 22.4 Å². The Hall–Kier alpha value is -2.90. The van der Waals surface area contributed by atoms with E-state index in [9.17, 15) is 14.7 Å². The highest BCUT2D eigenvalue weighted by Gasteiger charge is 2.36. The third kappa shape index (κ3) is 4.26. The van der Waals surface area contributed by atoms with Crippen LogP contribution in [0.25, 0.3) is 0 Å². The molecule has 3 rings (SSSR count). The molecule has 1 heterocycles. The molecular formula is C22H27N3O4. The van der Waals surface area contributed by atoms with Crippen LogP contribution in [0.5, 0.6) is 5.75 Å². The van der Waals surface area contributed by atoms with Crippen LogP contribution in [0.1, 0.15) is 34.0 Å². The van der Waals surface area contributed by atoms with E-state index in [1.807, 2.05) is 25.1 Å².